The summed E-state index contributed by atoms with van der Waals surface area (Å²) in [6.45, 7) is 4.40. The second-order valence-electron chi connectivity index (χ2n) is 4.96. The average molecular weight is 269 g/mol. The predicted molar refractivity (Wildman–Crippen MR) is 75.6 cm³/mol. The van der Waals surface area contributed by atoms with Crippen molar-refractivity contribution in [3.05, 3.63) is 28.8 Å². The smallest absolute Gasteiger partial charge is 0.137 e. The normalized spacial score (nSPS) is 25.1. The molecule has 1 aliphatic heterocycles. The Hall–Kier alpha value is -0.770. The fourth-order valence-electron chi connectivity index (χ4n) is 2.56. The Morgan fingerprint density at radius 2 is 2.28 bits per heavy atom. The Balaban J connectivity index is 2.10. The van der Waals surface area contributed by atoms with Gasteiger partial charge in [0.2, 0.25) is 0 Å². The van der Waals surface area contributed by atoms with Crippen molar-refractivity contribution in [1.82, 2.24) is 10.2 Å². The molecule has 2 unspecified atom stereocenters. The van der Waals surface area contributed by atoms with Gasteiger partial charge in [-0.1, -0.05) is 17.7 Å². The van der Waals surface area contributed by atoms with Crippen LogP contribution in [0.5, 0.6) is 5.75 Å². The van der Waals surface area contributed by atoms with Crippen LogP contribution < -0.4 is 10.1 Å². The lowest BCUT2D eigenvalue weighted by Crippen LogP contribution is -2.55. The van der Waals surface area contributed by atoms with Gasteiger partial charge in [0.05, 0.1) is 12.1 Å². The number of piperazine rings is 1. The highest BCUT2D eigenvalue weighted by atomic mass is 35.5. The molecule has 0 radical (unpaired) electrons. The van der Waals surface area contributed by atoms with Crippen molar-refractivity contribution in [3.63, 3.8) is 0 Å². The molecule has 0 spiro atoms. The summed E-state index contributed by atoms with van der Waals surface area (Å²) in [4.78, 5) is 2.42. The number of nitrogens with zero attached hydrogens (tertiary/aromatic N) is 1. The van der Waals surface area contributed by atoms with E-state index in [4.69, 9.17) is 16.3 Å². The van der Waals surface area contributed by atoms with E-state index in [1.165, 1.54) is 5.56 Å². The first-order chi connectivity index (χ1) is 8.61. The molecule has 1 N–H and O–H groups in total. The first-order valence-electron chi connectivity index (χ1n) is 6.38. The van der Waals surface area contributed by atoms with Crippen LogP contribution in [0.4, 0.5) is 0 Å². The van der Waals surface area contributed by atoms with E-state index in [1.807, 2.05) is 12.1 Å². The lowest BCUT2D eigenvalue weighted by atomic mass is 9.97. The van der Waals surface area contributed by atoms with E-state index < -0.39 is 0 Å². The van der Waals surface area contributed by atoms with Crippen molar-refractivity contribution in [2.75, 3.05) is 27.2 Å². The lowest BCUT2D eigenvalue weighted by Gasteiger charge is -2.38. The summed E-state index contributed by atoms with van der Waals surface area (Å²) in [5, 5.41) is 4.21. The molecule has 100 valence electrons. The first kappa shape index (κ1) is 13.7. The number of likely N-dealkylation sites (N-methyl/N-ethyl adjacent to an activating group) is 1. The number of benzene rings is 1. The molecular weight excluding hydrogens is 248 g/mol. The number of halogens is 1. The van der Waals surface area contributed by atoms with Crippen LogP contribution in [0.2, 0.25) is 5.02 Å². The molecule has 0 amide bonds. The lowest BCUT2D eigenvalue weighted by molar-refractivity contribution is 0.157. The summed E-state index contributed by atoms with van der Waals surface area (Å²) < 4.78 is 5.18. The van der Waals surface area contributed by atoms with Gasteiger partial charge in [0.15, 0.2) is 0 Å². The predicted octanol–water partition coefficient (Wildman–Crippen LogP) is 2.18. The van der Waals surface area contributed by atoms with E-state index in [0.717, 1.165) is 25.3 Å². The van der Waals surface area contributed by atoms with Crippen LogP contribution in [-0.4, -0.2) is 44.2 Å². The number of hydrogen-bond donors (Lipinski definition) is 1. The van der Waals surface area contributed by atoms with Crippen molar-refractivity contribution in [2.45, 2.75) is 25.4 Å². The number of nitrogens with one attached hydrogen (secondary N) is 1. The van der Waals surface area contributed by atoms with Gasteiger partial charge in [-0.05, 0) is 38.1 Å². The van der Waals surface area contributed by atoms with E-state index in [9.17, 15) is 0 Å². The van der Waals surface area contributed by atoms with Crippen molar-refractivity contribution in [3.8, 4) is 5.75 Å². The SMILES string of the molecule is COc1ccc(CC2C(C)NCCN2C)cc1Cl. The van der Waals surface area contributed by atoms with Crippen molar-refractivity contribution < 1.29 is 4.74 Å². The largest absolute Gasteiger partial charge is 0.495 e. The Morgan fingerprint density at radius 3 is 2.89 bits per heavy atom. The molecule has 1 aromatic rings. The molecule has 18 heavy (non-hydrogen) atoms. The van der Waals surface area contributed by atoms with Gasteiger partial charge in [-0.3, -0.25) is 0 Å². The highest BCUT2D eigenvalue weighted by Crippen LogP contribution is 2.26. The summed E-state index contributed by atoms with van der Waals surface area (Å²) in [6, 6.07) is 7.07. The second-order valence-corrected chi connectivity index (χ2v) is 5.37. The molecule has 1 saturated heterocycles. The molecule has 0 bridgehead atoms. The summed E-state index contributed by atoms with van der Waals surface area (Å²) in [5.41, 5.74) is 1.26. The molecule has 3 nitrogen and oxygen atoms in total. The van der Waals surface area contributed by atoms with Crippen LogP contribution in [0.1, 0.15) is 12.5 Å². The molecule has 1 aromatic carbocycles. The standard InChI is InChI=1S/C14H21ClN2O/c1-10-13(17(2)7-6-16-10)9-11-4-5-14(18-3)12(15)8-11/h4-5,8,10,13,16H,6-7,9H2,1-3H3. The van der Waals surface area contributed by atoms with Crippen LogP contribution >= 0.6 is 11.6 Å². The maximum absolute atomic E-state index is 6.17. The highest BCUT2D eigenvalue weighted by Gasteiger charge is 2.25. The van der Waals surface area contributed by atoms with Crippen molar-refractivity contribution >= 4 is 11.6 Å². The first-order valence-corrected chi connectivity index (χ1v) is 6.75. The molecule has 1 fully saturated rings. The molecule has 1 aliphatic rings. The maximum Gasteiger partial charge on any atom is 0.137 e. The minimum absolute atomic E-state index is 0.504. The van der Waals surface area contributed by atoms with E-state index >= 15 is 0 Å². The van der Waals surface area contributed by atoms with Gasteiger partial charge >= 0.3 is 0 Å². The zero-order chi connectivity index (χ0) is 13.1. The molecule has 0 aromatic heterocycles. The van der Waals surface area contributed by atoms with Gasteiger partial charge in [0.25, 0.3) is 0 Å². The monoisotopic (exact) mass is 268 g/mol. The quantitative estimate of drug-likeness (QED) is 0.910. The van der Waals surface area contributed by atoms with Crippen LogP contribution in [-0.2, 0) is 6.42 Å². The van der Waals surface area contributed by atoms with Crippen LogP contribution in [0.3, 0.4) is 0 Å². The number of rotatable bonds is 3. The zero-order valence-corrected chi connectivity index (χ0v) is 12.0. The minimum atomic E-state index is 0.504. The maximum atomic E-state index is 6.17. The zero-order valence-electron chi connectivity index (χ0n) is 11.2. The topological polar surface area (TPSA) is 24.5 Å². The Kier molecular flexibility index (Phi) is 4.49. The fraction of sp³-hybridized carbons (Fsp3) is 0.571. The van der Waals surface area contributed by atoms with Crippen molar-refractivity contribution in [2.24, 2.45) is 0 Å². The minimum Gasteiger partial charge on any atom is -0.495 e. The summed E-state index contributed by atoms with van der Waals surface area (Å²) in [7, 11) is 3.83. The van der Waals surface area contributed by atoms with Gasteiger partial charge in [0, 0.05) is 25.2 Å². The van der Waals surface area contributed by atoms with Gasteiger partial charge in [-0.25, -0.2) is 0 Å². The number of methoxy groups -OCH3 is 1. The Morgan fingerprint density at radius 1 is 1.50 bits per heavy atom. The summed E-state index contributed by atoms with van der Waals surface area (Å²) in [5.74, 6) is 0.739. The third kappa shape index (κ3) is 2.97. The fourth-order valence-corrected chi connectivity index (χ4v) is 2.84. The molecule has 0 aliphatic carbocycles. The average Bonchev–Trinajstić information content (AvgIpc) is 2.34. The van der Waals surface area contributed by atoms with Gasteiger partial charge in [0.1, 0.15) is 5.75 Å². The summed E-state index contributed by atoms with van der Waals surface area (Å²) in [6.07, 6.45) is 1.01. The molecule has 2 atom stereocenters. The third-order valence-electron chi connectivity index (χ3n) is 3.74. The molecule has 0 saturated carbocycles. The third-order valence-corrected chi connectivity index (χ3v) is 4.03. The van der Waals surface area contributed by atoms with Gasteiger partial charge in [-0.2, -0.15) is 0 Å². The van der Waals surface area contributed by atoms with E-state index in [2.05, 4.69) is 30.3 Å². The highest BCUT2D eigenvalue weighted by molar-refractivity contribution is 6.32. The van der Waals surface area contributed by atoms with Crippen LogP contribution in [0.25, 0.3) is 0 Å². The van der Waals surface area contributed by atoms with E-state index in [0.29, 0.717) is 17.1 Å². The van der Waals surface area contributed by atoms with Crippen LogP contribution in [0.15, 0.2) is 18.2 Å². The molecule has 4 heteroatoms. The summed E-state index contributed by atoms with van der Waals surface area (Å²) >= 11 is 6.17. The number of ether oxygens (including phenoxy) is 1. The molecule has 2 rings (SSSR count). The Bertz CT molecular complexity index is 401. The van der Waals surface area contributed by atoms with E-state index in [-0.39, 0.29) is 0 Å². The van der Waals surface area contributed by atoms with Crippen molar-refractivity contribution in [1.29, 1.82) is 0 Å². The van der Waals surface area contributed by atoms with Crippen LogP contribution in [0, 0.1) is 0 Å². The number of hydrogen-bond acceptors (Lipinski definition) is 3. The van der Waals surface area contributed by atoms with Gasteiger partial charge in [-0.15, -0.1) is 0 Å². The second kappa shape index (κ2) is 5.91. The van der Waals surface area contributed by atoms with Gasteiger partial charge < -0.3 is 15.0 Å². The van der Waals surface area contributed by atoms with E-state index in [1.54, 1.807) is 7.11 Å². The molecule has 1 heterocycles. The molecular formula is C14H21ClN2O. The Labute approximate surface area is 114 Å².